The number of nitrogens with zero attached hydrogens (tertiary/aromatic N) is 1. The van der Waals surface area contributed by atoms with Gasteiger partial charge in [-0.1, -0.05) is 28.1 Å². The van der Waals surface area contributed by atoms with Crippen LogP contribution in [0.1, 0.15) is 12.0 Å². The van der Waals surface area contributed by atoms with Crippen molar-refractivity contribution >= 4 is 21.8 Å². The summed E-state index contributed by atoms with van der Waals surface area (Å²) in [6, 6.07) is 8.20. The maximum absolute atomic E-state index is 4.43. The molecule has 0 unspecified atom stereocenters. The summed E-state index contributed by atoms with van der Waals surface area (Å²) >= 11 is 3.45. The van der Waals surface area contributed by atoms with E-state index in [1.165, 1.54) is 0 Å². The van der Waals surface area contributed by atoms with Crippen molar-refractivity contribution in [2.45, 2.75) is 6.42 Å². The Morgan fingerprint density at radius 1 is 1.38 bits per heavy atom. The highest BCUT2D eigenvalue weighted by atomic mass is 79.9. The Labute approximate surface area is 86.2 Å². The highest BCUT2D eigenvalue weighted by molar-refractivity contribution is 9.10. The summed E-state index contributed by atoms with van der Waals surface area (Å²) in [5, 5.41) is 3.29. The normalized spacial score (nSPS) is 16.2. The number of hydrogen-bond acceptors (Lipinski definition) is 2. The average Bonchev–Trinajstić information content (AvgIpc) is 2.19. The number of rotatable bonds is 1. The predicted molar refractivity (Wildman–Crippen MR) is 58.2 cm³/mol. The van der Waals surface area contributed by atoms with Crippen molar-refractivity contribution < 1.29 is 0 Å². The molecule has 0 spiro atoms. The van der Waals surface area contributed by atoms with E-state index in [4.69, 9.17) is 0 Å². The molecule has 0 fully saturated rings. The summed E-state index contributed by atoms with van der Waals surface area (Å²) in [5.74, 6) is 1.02. The maximum atomic E-state index is 4.43. The molecular formula is C10H11BrN2. The van der Waals surface area contributed by atoms with Crippen LogP contribution in [0.25, 0.3) is 0 Å². The molecule has 2 nitrogen and oxygen atoms in total. The van der Waals surface area contributed by atoms with Crippen molar-refractivity contribution in [3.63, 3.8) is 0 Å². The summed E-state index contributed by atoms with van der Waals surface area (Å²) < 4.78 is 1.10. The molecule has 1 N–H and O–H groups in total. The number of halogens is 1. The minimum atomic E-state index is 0.939. The van der Waals surface area contributed by atoms with Crippen molar-refractivity contribution in [3.05, 3.63) is 34.3 Å². The van der Waals surface area contributed by atoms with Crippen LogP contribution in [0.3, 0.4) is 0 Å². The Hall–Kier alpha value is -0.830. The second kappa shape index (κ2) is 3.92. The van der Waals surface area contributed by atoms with Crippen LogP contribution < -0.4 is 5.32 Å². The molecule has 13 heavy (non-hydrogen) atoms. The Kier molecular flexibility index (Phi) is 2.64. The third-order valence-electron chi connectivity index (χ3n) is 2.00. The Bertz CT molecular complexity index is 333. The fraction of sp³-hybridized carbons (Fsp3) is 0.300. The van der Waals surface area contributed by atoms with Gasteiger partial charge in [0.05, 0.1) is 0 Å². The predicted octanol–water partition coefficient (Wildman–Crippen LogP) is 2.19. The third-order valence-corrected chi connectivity index (χ3v) is 2.49. The SMILES string of the molecule is Brc1cccc(C2=NCCCN2)c1. The smallest absolute Gasteiger partial charge is 0.128 e. The second-order valence-electron chi connectivity index (χ2n) is 3.02. The van der Waals surface area contributed by atoms with Crippen LogP contribution in [0.5, 0.6) is 0 Å². The molecule has 2 rings (SSSR count). The van der Waals surface area contributed by atoms with Crippen molar-refractivity contribution in [2.24, 2.45) is 4.99 Å². The molecule has 1 aromatic carbocycles. The topological polar surface area (TPSA) is 24.4 Å². The first-order valence-electron chi connectivity index (χ1n) is 4.40. The van der Waals surface area contributed by atoms with Crippen molar-refractivity contribution in [3.8, 4) is 0 Å². The first kappa shape index (κ1) is 8.75. The van der Waals surface area contributed by atoms with Crippen LogP contribution >= 0.6 is 15.9 Å². The lowest BCUT2D eigenvalue weighted by molar-refractivity contribution is 0.742. The molecule has 1 heterocycles. The number of amidine groups is 1. The van der Waals surface area contributed by atoms with E-state index in [0.717, 1.165) is 35.4 Å². The molecule has 0 saturated heterocycles. The van der Waals surface area contributed by atoms with Gasteiger partial charge in [-0.25, -0.2) is 0 Å². The van der Waals surface area contributed by atoms with Crippen LogP contribution in [-0.2, 0) is 0 Å². The van der Waals surface area contributed by atoms with E-state index in [1.54, 1.807) is 0 Å². The molecule has 1 aromatic rings. The Morgan fingerprint density at radius 2 is 2.31 bits per heavy atom. The van der Waals surface area contributed by atoms with E-state index in [1.807, 2.05) is 12.1 Å². The van der Waals surface area contributed by atoms with Crippen molar-refractivity contribution in [2.75, 3.05) is 13.1 Å². The van der Waals surface area contributed by atoms with Gasteiger partial charge in [-0.2, -0.15) is 0 Å². The third kappa shape index (κ3) is 2.10. The molecule has 68 valence electrons. The summed E-state index contributed by atoms with van der Waals surface area (Å²) in [4.78, 5) is 4.43. The van der Waals surface area contributed by atoms with Crippen LogP contribution in [0.4, 0.5) is 0 Å². The fourth-order valence-corrected chi connectivity index (χ4v) is 1.76. The van der Waals surface area contributed by atoms with Crippen LogP contribution in [0, 0.1) is 0 Å². The Balaban J connectivity index is 2.29. The minimum Gasteiger partial charge on any atom is -0.370 e. The van der Waals surface area contributed by atoms with Crippen molar-refractivity contribution in [1.82, 2.24) is 5.32 Å². The number of hydrogen-bond donors (Lipinski definition) is 1. The van der Waals surface area contributed by atoms with Crippen LogP contribution in [0.2, 0.25) is 0 Å². The zero-order chi connectivity index (χ0) is 9.10. The lowest BCUT2D eigenvalue weighted by Crippen LogP contribution is -2.30. The van der Waals surface area contributed by atoms with E-state index < -0.39 is 0 Å². The molecule has 3 heteroatoms. The number of nitrogens with one attached hydrogen (secondary N) is 1. The molecule has 0 radical (unpaired) electrons. The molecule has 0 aliphatic carbocycles. The standard InChI is InChI=1S/C10H11BrN2/c11-9-4-1-3-8(7-9)10-12-5-2-6-13-10/h1,3-4,7H,2,5-6H2,(H,12,13). The van der Waals surface area contributed by atoms with Crippen LogP contribution in [-0.4, -0.2) is 18.9 Å². The van der Waals surface area contributed by atoms with Crippen molar-refractivity contribution in [1.29, 1.82) is 0 Å². The van der Waals surface area contributed by atoms with Gasteiger partial charge in [0, 0.05) is 23.1 Å². The first-order valence-corrected chi connectivity index (χ1v) is 5.20. The van der Waals surface area contributed by atoms with Gasteiger partial charge in [-0.05, 0) is 18.6 Å². The van der Waals surface area contributed by atoms with Crippen LogP contribution in [0.15, 0.2) is 33.7 Å². The van der Waals surface area contributed by atoms with Gasteiger partial charge in [0.25, 0.3) is 0 Å². The van der Waals surface area contributed by atoms with Gasteiger partial charge in [-0.3, -0.25) is 4.99 Å². The molecule has 0 aromatic heterocycles. The fourth-order valence-electron chi connectivity index (χ4n) is 1.36. The van der Waals surface area contributed by atoms with E-state index in [2.05, 4.69) is 38.4 Å². The molecule has 0 amide bonds. The lowest BCUT2D eigenvalue weighted by atomic mass is 10.2. The largest absolute Gasteiger partial charge is 0.370 e. The molecule has 1 aliphatic heterocycles. The first-order chi connectivity index (χ1) is 6.36. The quantitative estimate of drug-likeness (QED) is 0.798. The molecular weight excluding hydrogens is 228 g/mol. The minimum absolute atomic E-state index is 0.939. The number of benzene rings is 1. The van der Waals surface area contributed by atoms with Gasteiger partial charge in [0.15, 0.2) is 0 Å². The number of aliphatic imine (C=N–C) groups is 1. The zero-order valence-corrected chi connectivity index (χ0v) is 8.84. The Morgan fingerprint density at radius 3 is 3.00 bits per heavy atom. The molecule has 0 saturated carbocycles. The van der Waals surface area contributed by atoms with Gasteiger partial charge >= 0.3 is 0 Å². The average molecular weight is 239 g/mol. The van der Waals surface area contributed by atoms with E-state index in [-0.39, 0.29) is 0 Å². The van der Waals surface area contributed by atoms with Gasteiger partial charge in [0.1, 0.15) is 5.84 Å². The van der Waals surface area contributed by atoms with Gasteiger partial charge in [0.2, 0.25) is 0 Å². The summed E-state index contributed by atoms with van der Waals surface area (Å²) in [6.45, 7) is 1.97. The van der Waals surface area contributed by atoms with Gasteiger partial charge in [-0.15, -0.1) is 0 Å². The maximum Gasteiger partial charge on any atom is 0.128 e. The summed E-state index contributed by atoms with van der Waals surface area (Å²) in [6.07, 6.45) is 1.14. The lowest BCUT2D eigenvalue weighted by Gasteiger charge is -2.14. The zero-order valence-electron chi connectivity index (χ0n) is 7.26. The van der Waals surface area contributed by atoms with E-state index in [0.29, 0.717) is 0 Å². The van der Waals surface area contributed by atoms with E-state index >= 15 is 0 Å². The molecule has 1 aliphatic rings. The monoisotopic (exact) mass is 238 g/mol. The second-order valence-corrected chi connectivity index (χ2v) is 3.94. The molecule has 0 atom stereocenters. The highest BCUT2D eigenvalue weighted by Crippen LogP contribution is 2.12. The van der Waals surface area contributed by atoms with E-state index in [9.17, 15) is 0 Å². The summed E-state index contributed by atoms with van der Waals surface area (Å²) in [5.41, 5.74) is 1.16. The van der Waals surface area contributed by atoms with Gasteiger partial charge < -0.3 is 5.32 Å². The highest BCUT2D eigenvalue weighted by Gasteiger charge is 2.05. The summed E-state index contributed by atoms with van der Waals surface area (Å²) in [7, 11) is 0. The molecule has 0 bridgehead atoms.